The zero-order chi connectivity index (χ0) is 19.1. The molecular weight excluding hydrogens is 371 g/mol. The Morgan fingerprint density at radius 1 is 1.04 bits per heavy atom. The summed E-state index contributed by atoms with van der Waals surface area (Å²) in [5.74, 6) is -1.27. The fourth-order valence-electron chi connectivity index (χ4n) is 1.64. The number of amides is 3. The number of carbonyl (C=O) groups is 3. The number of nitrogens with one attached hydrogen (secondary N) is 2. The first-order valence-corrected chi connectivity index (χ1v) is 8.29. The standard InChI is InChI=1S/C16H20Cl2N2O5/c1-8(2)19-16(23)20-14(21)9(3)25-15(22)10(4)24-13-6-5-11(17)7-12(13)18/h5-10H,1-4H3,(H2,19,20,21,23). The summed E-state index contributed by atoms with van der Waals surface area (Å²) >= 11 is 11.7. The van der Waals surface area contributed by atoms with Crippen molar-refractivity contribution < 1.29 is 23.9 Å². The topological polar surface area (TPSA) is 93.7 Å². The van der Waals surface area contributed by atoms with Gasteiger partial charge in [-0.3, -0.25) is 10.1 Å². The number of carbonyl (C=O) groups excluding carboxylic acids is 3. The lowest BCUT2D eigenvalue weighted by Gasteiger charge is -2.18. The third-order valence-corrected chi connectivity index (χ3v) is 3.38. The number of hydrogen-bond acceptors (Lipinski definition) is 5. The Kier molecular flexibility index (Phi) is 7.99. The Labute approximate surface area is 155 Å². The predicted molar refractivity (Wildman–Crippen MR) is 93.9 cm³/mol. The smallest absolute Gasteiger partial charge is 0.347 e. The molecule has 0 radical (unpaired) electrons. The van der Waals surface area contributed by atoms with Crippen molar-refractivity contribution in [1.29, 1.82) is 0 Å². The summed E-state index contributed by atoms with van der Waals surface area (Å²) in [6.07, 6.45) is -2.18. The van der Waals surface area contributed by atoms with E-state index in [0.717, 1.165) is 0 Å². The van der Waals surface area contributed by atoms with Crippen molar-refractivity contribution in [1.82, 2.24) is 10.6 Å². The minimum absolute atomic E-state index is 0.136. The van der Waals surface area contributed by atoms with Crippen molar-refractivity contribution in [3.8, 4) is 5.75 Å². The molecule has 0 heterocycles. The molecule has 3 amide bonds. The zero-order valence-corrected chi connectivity index (χ0v) is 15.8. The lowest BCUT2D eigenvalue weighted by molar-refractivity contribution is -0.160. The number of benzene rings is 1. The van der Waals surface area contributed by atoms with E-state index in [0.29, 0.717) is 5.02 Å². The largest absolute Gasteiger partial charge is 0.477 e. The number of rotatable bonds is 6. The predicted octanol–water partition coefficient (Wildman–Crippen LogP) is 2.93. The quantitative estimate of drug-likeness (QED) is 0.728. The summed E-state index contributed by atoms with van der Waals surface area (Å²) < 4.78 is 10.4. The van der Waals surface area contributed by atoms with Crippen molar-refractivity contribution >= 4 is 41.1 Å². The van der Waals surface area contributed by atoms with Gasteiger partial charge in [0.2, 0.25) is 0 Å². The lowest BCUT2D eigenvalue weighted by Crippen LogP contribution is -2.47. The second-order valence-corrected chi connectivity index (χ2v) is 6.37. The van der Waals surface area contributed by atoms with E-state index in [4.69, 9.17) is 32.7 Å². The molecule has 0 bridgehead atoms. The number of esters is 1. The Bertz CT molecular complexity index is 651. The molecule has 0 aliphatic rings. The molecule has 0 saturated carbocycles. The van der Waals surface area contributed by atoms with Crippen molar-refractivity contribution in [2.75, 3.05) is 0 Å². The second kappa shape index (κ2) is 9.48. The van der Waals surface area contributed by atoms with E-state index in [9.17, 15) is 14.4 Å². The molecule has 1 aromatic carbocycles. The minimum atomic E-state index is -1.17. The van der Waals surface area contributed by atoms with Crippen molar-refractivity contribution in [2.45, 2.75) is 45.9 Å². The first-order chi connectivity index (χ1) is 11.6. The van der Waals surface area contributed by atoms with E-state index in [1.807, 2.05) is 0 Å². The molecule has 2 atom stereocenters. The van der Waals surface area contributed by atoms with Crippen LogP contribution in [0, 0.1) is 0 Å². The molecule has 25 heavy (non-hydrogen) atoms. The van der Waals surface area contributed by atoms with Crippen LogP contribution in [0.4, 0.5) is 4.79 Å². The SMILES string of the molecule is CC(C)NC(=O)NC(=O)C(C)OC(=O)C(C)Oc1ccc(Cl)cc1Cl. The summed E-state index contributed by atoms with van der Waals surface area (Å²) in [5.41, 5.74) is 0. The number of imide groups is 1. The highest BCUT2D eigenvalue weighted by Gasteiger charge is 2.25. The Morgan fingerprint density at radius 2 is 1.68 bits per heavy atom. The maximum Gasteiger partial charge on any atom is 0.347 e. The van der Waals surface area contributed by atoms with Crippen LogP contribution in [-0.2, 0) is 14.3 Å². The Morgan fingerprint density at radius 3 is 2.24 bits per heavy atom. The van der Waals surface area contributed by atoms with Crippen LogP contribution in [0.2, 0.25) is 10.0 Å². The van der Waals surface area contributed by atoms with E-state index in [-0.39, 0.29) is 16.8 Å². The molecule has 0 aliphatic heterocycles. The van der Waals surface area contributed by atoms with Crippen LogP contribution in [0.5, 0.6) is 5.75 Å². The third kappa shape index (κ3) is 7.19. The van der Waals surface area contributed by atoms with Gasteiger partial charge in [-0.1, -0.05) is 23.2 Å². The van der Waals surface area contributed by atoms with Crippen LogP contribution in [-0.4, -0.2) is 36.2 Å². The van der Waals surface area contributed by atoms with E-state index in [2.05, 4.69) is 10.6 Å². The summed E-state index contributed by atoms with van der Waals surface area (Å²) in [4.78, 5) is 35.3. The average molecular weight is 391 g/mol. The molecule has 1 aromatic rings. The number of urea groups is 1. The first kappa shape index (κ1) is 21.1. The summed E-state index contributed by atoms with van der Waals surface area (Å²) in [6.45, 7) is 6.28. The molecule has 0 saturated heterocycles. The van der Waals surface area contributed by atoms with Crippen LogP contribution < -0.4 is 15.4 Å². The van der Waals surface area contributed by atoms with Gasteiger partial charge in [-0.15, -0.1) is 0 Å². The normalized spacial score (nSPS) is 12.9. The van der Waals surface area contributed by atoms with Gasteiger partial charge in [-0.05, 0) is 45.9 Å². The van der Waals surface area contributed by atoms with Gasteiger partial charge >= 0.3 is 12.0 Å². The van der Waals surface area contributed by atoms with Gasteiger partial charge < -0.3 is 14.8 Å². The van der Waals surface area contributed by atoms with Crippen molar-refractivity contribution in [3.63, 3.8) is 0 Å². The van der Waals surface area contributed by atoms with E-state index < -0.39 is 30.1 Å². The fraction of sp³-hybridized carbons (Fsp3) is 0.438. The van der Waals surface area contributed by atoms with Crippen molar-refractivity contribution in [3.05, 3.63) is 28.2 Å². The zero-order valence-electron chi connectivity index (χ0n) is 14.3. The van der Waals surface area contributed by atoms with Crippen LogP contribution in [0.3, 0.4) is 0 Å². The number of halogens is 2. The summed E-state index contributed by atoms with van der Waals surface area (Å²) in [5, 5.41) is 5.23. The number of ether oxygens (including phenoxy) is 2. The maximum absolute atomic E-state index is 12.0. The highest BCUT2D eigenvalue weighted by Crippen LogP contribution is 2.28. The summed E-state index contributed by atoms with van der Waals surface area (Å²) in [7, 11) is 0. The van der Waals surface area contributed by atoms with Gasteiger partial charge in [0.25, 0.3) is 5.91 Å². The average Bonchev–Trinajstić information content (AvgIpc) is 2.48. The van der Waals surface area contributed by atoms with E-state index in [1.165, 1.54) is 26.0 Å². The minimum Gasteiger partial charge on any atom is -0.477 e. The van der Waals surface area contributed by atoms with Crippen molar-refractivity contribution in [2.24, 2.45) is 0 Å². The fourth-order valence-corrected chi connectivity index (χ4v) is 2.10. The highest BCUT2D eigenvalue weighted by atomic mass is 35.5. The van der Waals surface area contributed by atoms with Crippen LogP contribution in [0.1, 0.15) is 27.7 Å². The monoisotopic (exact) mass is 390 g/mol. The highest BCUT2D eigenvalue weighted by molar-refractivity contribution is 6.35. The van der Waals surface area contributed by atoms with Gasteiger partial charge in [0.05, 0.1) is 5.02 Å². The Balaban J connectivity index is 2.56. The molecule has 138 valence electrons. The van der Waals surface area contributed by atoms with Gasteiger partial charge in [0, 0.05) is 11.1 Å². The summed E-state index contributed by atoms with van der Waals surface area (Å²) in [6, 6.07) is 3.74. The van der Waals surface area contributed by atoms with Gasteiger partial charge in [-0.25, -0.2) is 9.59 Å². The molecule has 0 spiro atoms. The molecule has 0 aromatic heterocycles. The van der Waals surface area contributed by atoms with Gasteiger partial charge in [-0.2, -0.15) is 0 Å². The molecule has 2 N–H and O–H groups in total. The second-order valence-electron chi connectivity index (χ2n) is 5.53. The molecule has 2 unspecified atom stereocenters. The van der Waals surface area contributed by atoms with Gasteiger partial charge in [0.15, 0.2) is 12.2 Å². The molecule has 7 nitrogen and oxygen atoms in total. The third-order valence-electron chi connectivity index (χ3n) is 2.85. The molecular formula is C16H20Cl2N2O5. The lowest BCUT2D eigenvalue weighted by atomic mass is 10.3. The molecule has 0 fully saturated rings. The van der Waals surface area contributed by atoms with E-state index in [1.54, 1.807) is 19.9 Å². The first-order valence-electron chi connectivity index (χ1n) is 7.53. The number of hydrogen-bond donors (Lipinski definition) is 2. The van der Waals surface area contributed by atoms with Crippen LogP contribution in [0.15, 0.2) is 18.2 Å². The maximum atomic E-state index is 12.0. The molecule has 0 aliphatic carbocycles. The van der Waals surface area contributed by atoms with Crippen LogP contribution >= 0.6 is 23.2 Å². The Hall–Kier alpha value is -1.99. The van der Waals surface area contributed by atoms with E-state index >= 15 is 0 Å². The molecule has 1 rings (SSSR count). The van der Waals surface area contributed by atoms with Crippen LogP contribution in [0.25, 0.3) is 0 Å². The van der Waals surface area contributed by atoms with Gasteiger partial charge in [0.1, 0.15) is 5.75 Å². The molecule has 9 heteroatoms.